The number of alkyl halides is 3. The number of nitrogens with zero attached hydrogens (tertiary/aromatic N) is 2. The molecule has 9 heteroatoms. The van der Waals surface area contributed by atoms with Crippen molar-refractivity contribution in [2.75, 3.05) is 6.61 Å². The highest BCUT2D eigenvalue weighted by molar-refractivity contribution is 5.67. The van der Waals surface area contributed by atoms with Gasteiger partial charge in [-0.05, 0) is 17.4 Å². The van der Waals surface area contributed by atoms with Crippen LogP contribution in [0.2, 0.25) is 0 Å². The van der Waals surface area contributed by atoms with Gasteiger partial charge < -0.3 is 18.8 Å². The van der Waals surface area contributed by atoms with Crippen LogP contribution in [0.25, 0.3) is 11.2 Å². The molecule has 1 atom stereocenters. The van der Waals surface area contributed by atoms with Gasteiger partial charge in [-0.3, -0.25) is 4.79 Å². The molecule has 0 radical (unpaired) electrons. The van der Waals surface area contributed by atoms with Gasteiger partial charge in [0.2, 0.25) is 11.0 Å². The predicted molar refractivity (Wildman–Crippen MR) is 103 cm³/mol. The summed E-state index contributed by atoms with van der Waals surface area (Å²) < 4.78 is 54.1. The van der Waals surface area contributed by atoms with Crippen LogP contribution in [0.5, 0.6) is 5.75 Å². The molecule has 3 heterocycles. The van der Waals surface area contributed by atoms with Crippen molar-refractivity contribution >= 4 is 11.2 Å². The van der Waals surface area contributed by atoms with Gasteiger partial charge in [0, 0.05) is 24.2 Å². The average Bonchev–Trinajstić information content (AvgIpc) is 3.31. The molecule has 0 saturated heterocycles. The van der Waals surface area contributed by atoms with Crippen LogP contribution in [0.1, 0.15) is 31.4 Å². The van der Waals surface area contributed by atoms with Gasteiger partial charge in [0.05, 0.1) is 13.2 Å². The summed E-state index contributed by atoms with van der Waals surface area (Å²) in [5, 5.41) is 10.9. The quantitative estimate of drug-likeness (QED) is 0.680. The number of aromatic nitrogens is 2. The smallest absolute Gasteiger partial charge is 0.418 e. The summed E-state index contributed by atoms with van der Waals surface area (Å²) in [6.45, 7) is 2.95. The second kappa shape index (κ2) is 6.87. The average molecular weight is 422 g/mol. The maximum Gasteiger partial charge on any atom is 0.418 e. The molecule has 30 heavy (non-hydrogen) atoms. The predicted octanol–water partition coefficient (Wildman–Crippen LogP) is 3.59. The number of pyridine rings is 1. The van der Waals surface area contributed by atoms with E-state index >= 15 is 0 Å². The first-order chi connectivity index (χ1) is 14.0. The molecule has 1 aliphatic rings. The van der Waals surface area contributed by atoms with Gasteiger partial charge in [0.25, 0.3) is 0 Å². The molecule has 0 fully saturated rings. The molecule has 3 aromatic rings. The Bertz CT molecular complexity index is 1150. The van der Waals surface area contributed by atoms with Gasteiger partial charge in [-0.25, -0.2) is 0 Å². The first-order valence-electron chi connectivity index (χ1n) is 9.49. The van der Waals surface area contributed by atoms with E-state index in [1.165, 1.54) is 6.20 Å². The second-order valence-corrected chi connectivity index (χ2v) is 8.30. The van der Waals surface area contributed by atoms with Crippen LogP contribution < -0.4 is 10.2 Å². The van der Waals surface area contributed by atoms with Crippen molar-refractivity contribution in [1.82, 2.24) is 9.55 Å². The molecule has 6 nitrogen and oxygen atoms in total. The highest BCUT2D eigenvalue weighted by Crippen LogP contribution is 2.46. The number of oxazole rings is 1. The molecule has 0 aliphatic carbocycles. The van der Waals surface area contributed by atoms with Crippen LogP contribution in [0, 0.1) is 0 Å². The maximum absolute atomic E-state index is 14.1. The van der Waals surface area contributed by atoms with E-state index in [-0.39, 0.29) is 11.2 Å². The summed E-state index contributed by atoms with van der Waals surface area (Å²) >= 11 is 0. The molecule has 4 rings (SSSR count). The fourth-order valence-corrected chi connectivity index (χ4v) is 4.15. The minimum absolute atomic E-state index is 0.0492. The molecular formula is C21H21F3N2O4. The summed E-state index contributed by atoms with van der Waals surface area (Å²) in [7, 11) is 0. The van der Waals surface area contributed by atoms with Gasteiger partial charge >= 0.3 is 6.18 Å². The summed E-state index contributed by atoms with van der Waals surface area (Å²) in [6.07, 6.45) is -2.68. The van der Waals surface area contributed by atoms with E-state index < -0.39 is 35.6 Å². The molecular weight excluding hydrogens is 401 g/mol. The number of hydrogen-bond acceptors (Lipinski definition) is 5. The first kappa shape index (κ1) is 20.5. The Labute approximate surface area is 169 Å². The summed E-state index contributed by atoms with van der Waals surface area (Å²) in [5.41, 5.74) is -3.28. The molecule has 1 unspecified atom stereocenters. The highest BCUT2D eigenvalue weighted by atomic mass is 19.4. The van der Waals surface area contributed by atoms with Crippen molar-refractivity contribution in [2.45, 2.75) is 50.4 Å². The maximum atomic E-state index is 14.1. The van der Waals surface area contributed by atoms with Gasteiger partial charge in [-0.2, -0.15) is 18.2 Å². The lowest BCUT2D eigenvalue weighted by Gasteiger charge is -2.38. The Balaban J connectivity index is 1.74. The van der Waals surface area contributed by atoms with Gasteiger partial charge in [0.15, 0.2) is 17.6 Å². The molecule has 160 valence electrons. The number of fused-ring (bicyclic) bond motifs is 2. The molecule has 0 spiro atoms. The summed E-state index contributed by atoms with van der Waals surface area (Å²) in [6, 6.07) is 6.50. The molecule has 1 aromatic carbocycles. The lowest BCUT2D eigenvalue weighted by molar-refractivity contribution is -0.271. The molecule has 2 aromatic heterocycles. The van der Waals surface area contributed by atoms with E-state index in [2.05, 4.69) is 4.98 Å². The fraction of sp³-hybridized carbons (Fsp3) is 0.429. The van der Waals surface area contributed by atoms with Crippen molar-refractivity contribution in [2.24, 2.45) is 0 Å². The van der Waals surface area contributed by atoms with Crippen LogP contribution in [0.3, 0.4) is 0 Å². The van der Waals surface area contributed by atoms with E-state index in [0.717, 1.165) is 22.6 Å². The molecule has 1 N–H and O–H groups in total. The lowest BCUT2D eigenvalue weighted by Crippen LogP contribution is -2.52. The van der Waals surface area contributed by atoms with Crippen molar-refractivity contribution in [3.05, 3.63) is 58.2 Å². The van der Waals surface area contributed by atoms with Crippen molar-refractivity contribution in [1.29, 1.82) is 0 Å². The number of para-hydroxylation sites is 1. The monoisotopic (exact) mass is 422 g/mol. The van der Waals surface area contributed by atoms with Crippen LogP contribution in [0.4, 0.5) is 13.2 Å². The molecule has 0 amide bonds. The normalized spacial score (nSPS) is 16.3. The van der Waals surface area contributed by atoms with Crippen molar-refractivity contribution in [3.63, 3.8) is 0 Å². The highest BCUT2D eigenvalue weighted by Gasteiger charge is 2.56. The first-order valence-corrected chi connectivity index (χ1v) is 9.49. The fourth-order valence-electron chi connectivity index (χ4n) is 4.15. The summed E-state index contributed by atoms with van der Waals surface area (Å²) in [4.78, 5) is 15.7. The third-order valence-corrected chi connectivity index (χ3v) is 5.59. The Morgan fingerprint density at radius 3 is 2.73 bits per heavy atom. The Morgan fingerprint density at radius 2 is 2.00 bits per heavy atom. The summed E-state index contributed by atoms with van der Waals surface area (Å²) in [5.74, 6) is 0.592. The van der Waals surface area contributed by atoms with E-state index in [4.69, 9.17) is 9.15 Å². The lowest BCUT2D eigenvalue weighted by atomic mass is 9.74. The Morgan fingerprint density at radius 1 is 1.23 bits per heavy atom. The van der Waals surface area contributed by atoms with E-state index in [9.17, 15) is 23.1 Å². The van der Waals surface area contributed by atoms with Gasteiger partial charge in [-0.1, -0.05) is 32.0 Å². The number of aliphatic hydroxyl groups is 1. The second-order valence-electron chi connectivity index (χ2n) is 8.30. The molecule has 0 bridgehead atoms. The number of benzene rings is 1. The van der Waals surface area contributed by atoms with Crippen LogP contribution in [0.15, 0.2) is 46.1 Å². The largest absolute Gasteiger partial charge is 0.493 e. The molecule has 1 aliphatic heterocycles. The van der Waals surface area contributed by atoms with Crippen LogP contribution in [-0.2, 0) is 18.4 Å². The third-order valence-electron chi connectivity index (χ3n) is 5.59. The van der Waals surface area contributed by atoms with Crippen LogP contribution in [-0.4, -0.2) is 33.0 Å². The standard InChI is InChI=1S/C21H21F3N2O4/c1-19(2,14-5-3-4-13-7-9-29-16(13)14)10-20(28,21(22,23)24)11-26-8-6-15(27)17-18(26)25-12-30-17/h3-6,8,12,28H,7,9-11H2,1-2H3. The van der Waals surface area contributed by atoms with Crippen LogP contribution >= 0.6 is 0 Å². The Kier molecular flexibility index (Phi) is 4.68. The molecule has 0 saturated carbocycles. The van der Waals surface area contributed by atoms with E-state index in [1.54, 1.807) is 26.0 Å². The number of halogens is 3. The Hall–Kier alpha value is -2.81. The third kappa shape index (κ3) is 3.36. The van der Waals surface area contributed by atoms with Gasteiger partial charge in [0.1, 0.15) is 5.75 Å². The number of rotatable bonds is 5. The van der Waals surface area contributed by atoms with E-state index in [0.29, 0.717) is 24.3 Å². The minimum atomic E-state index is -4.93. The number of ether oxygens (including phenoxy) is 1. The zero-order valence-corrected chi connectivity index (χ0v) is 16.5. The van der Waals surface area contributed by atoms with E-state index in [1.807, 2.05) is 6.07 Å². The van der Waals surface area contributed by atoms with Gasteiger partial charge in [-0.15, -0.1) is 0 Å². The number of hydrogen-bond donors (Lipinski definition) is 1. The zero-order valence-electron chi connectivity index (χ0n) is 16.5. The zero-order chi connectivity index (χ0) is 21.7. The topological polar surface area (TPSA) is 77.5 Å². The SMILES string of the molecule is CC(C)(CC(O)(Cn1ccc(=O)c2ocnc21)C(F)(F)F)c1cccc2c1OCC2. The van der Waals surface area contributed by atoms with Crippen molar-refractivity contribution in [3.8, 4) is 5.75 Å². The van der Waals surface area contributed by atoms with Crippen molar-refractivity contribution < 1.29 is 27.4 Å². The minimum Gasteiger partial charge on any atom is -0.493 e.